The molecule has 1 aromatic heterocycles. The van der Waals surface area contributed by atoms with Crippen LogP contribution >= 0.6 is 0 Å². The maximum atomic E-state index is 12.8. The van der Waals surface area contributed by atoms with Gasteiger partial charge >= 0.3 is 6.55 Å². The third-order valence-electron chi connectivity index (χ3n) is 3.56. The molecular formula is C15H19F2N3O2. The van der Waals surface area contributed by atoms with Gasteiger partial charge in [0, 0.05) is 12.4 Å². The normalized spacial score (nSPS) is 12.9. The van der Waals surface area contributed by atoms with Crippen molar-refractivity contribution in [3.05, 3.63) is 48.0 Å². The summed E-state index contributed by atoms with van der Waals surface area (Å²) < 4.78 is 31.6. The average Bonchev–Trinajstić information content (AvgIpc) is 2.97. The van der Waals surface area contributed by atoms with Crippen LogP contribution in [0.1, 0.15) is 24.0 Å². The fourth-order valence-electron chi connectivity index (χ4n) is 2.30. The number of aromatic nitrogens is 2. The summed E-state index contributed by atoms with van der Waals surface area (Å²) in [6.07, 6.45) is 2.59. The molecule has 0 aliphatic carbocycles. The van der Waals surface area contributed by atoms with E-state index < -0.39 is 6.55 Å². The van der Waals surface area contributed by atoms with Gasteiger partial charge in [-0.25, -0.2) is 4.98 Å². The number of aliphatic hydroxyl groups excluding tert-OH is 1. The number of halogens is 2. The van der Waals surface area contributed by atoms with Crippen molar-refractivity contribution in [2.45, 2.75) is 19.1 Å². The summed E-state index contributed by atoms with van der Waals surface area (Å²) in [7, 11) is 3.34. The second kappa shape index (κ2) is 7.33. The van der Waals surface area contributed by atoms with Gasteiger partial charge in [0.15, 0.2) is 0 Å². The molecule has 0 spiro atoms. The molecule has 1 unspecified atom stereocenters. The minimum atomic E-state index is -2.63. The van der Waals surface area contributed by atoms with Crippen LogP contribution in [0.2, 0.25) is 0 Å². The number of hydrogen-bond acceptors (Lipinski definition) is 4. The number of methoxy groups -OCH3 is 1. The lowest BCUT2D eigenvalue weighted by atomic mass is 10.1. The van der Waals surface area contributed by atoms with Crippen molar-refractivity contribution in [2.75, 3.05) is 20.8 Å². The van der Waals surface area contributed by atoms with Gasteiger partial charge in [0.25, 0.3) is 0 Å². The molecule has 2 rings (SSSR count). The molecule has 0 saturated carbocycles. The summed E-state index contributed by atoms with van der Waals surface area (Å²) in [6.45, 7) is -2.55. The molecule has 0 radical (unpaired) electrons. The van der Waals surface area contributed by atoms with Gasteiger partial charge in [-0.3, -0.25) is 9.47 Å². The lowest BCUT2D eigenvalue weighted by molar-refractivity contribution is 0.0616. The fourth-order valence-corrected chi connectivity index (χ4v) is 2.30. The van der Waals surface area contributed by atoms with Crippen LogP contribution < -0.4 is 4.74 Å². The van der Waals surface area contributed by atoms with Crippen molar-refractivity contribution in [3.8, 4) is 5.75 Å². The van der Waals surface area contributed by atoms with Gasteiger partial charge in [-0.15, -0.1) is 0 Å². The summed E-state index contributed by atoms with van der Waals surface area (Å²) >= 11 is 0. The SMILES string of the molecule is COc1ccc(C(CO)N(C)Cc2nccn2C(F)F)cc1. The van der Waals surface area contributed by atoms with Gasteiger partial charge in [0.2, 0.25) is 0 Å². The first-order valence-corrected chi connectivity index (χ1v) is 6.81. The van der Waals surface area contributed by atoms with E-state index in [1.165, 1.54) is 12.4 Å². The van der Waals surface area contributed by atoms with Gasteiger partial charge < -0.3 is 9.84 Å². The molecule has 1 atom stereocenters. The first-order chi connectivity index (χ1) is 10.6. The summed E-state index contributed by atoms with van der Waals surface area (Å²) in [4.78, 5) is 5.74. The van der Waals surface area contributed by atoms with Crippen LogP contribution in [-0.2, 0) is 6.54 Å². The zero-order chi connectivity index (χ0) is 16.1. The summed E-state index contributed by atoms with van der Waals surface area (Å²) in [6, 6.07) is 6.97. The first-order valence-electron chi connectivity index (χ1n) is 6.81. The molecule has 0 bridgehead atoms. The Morgan fingerprint density at radius 3 is 2.55 bits per heavy atom. The molecule has 0 aliphatic rings. The number of benzene rings is 1. The minimum Gasteiger partial charge on any atom is -0.497 e. The maximum absolute atomic E-state index is 12.8. The van der Waals surface area contributed by atoms with E-state index in [0.717, 1.165) is 15.9 Å². The highest BCUT2D eigenvalue weighted by Crippen LogP contribution is 2.23. The molecule has 2 aromatic rings. The largest absolute Gasteiger partial charge is 0.497 e. The van der Waals surface area contributed by atoms with Crippen LogP contribution in [0.5, 0.6) is 5.75 Å². The van der Waals surface area contributed by atoms with E-state index in [0.29, 0.717) is 0 Å². The highest BCUT2D eigenvalue weighted by Gasteiger charge is 2.20. The molecule has 1 N–H and O–H groups in total. The second-order valence-corrected chi connectivity index (χ2v) is 4.92. The molecule has 0 aliphatic heterocycles. The third kappa shape index (κ3) is 3.61. The average molecular weight is 311 g/mol. The Hall–Kier alpha value is -1.99. The number of ether oxygens (including phenoxy) is 1. The van der Waals surface area contributed by atoms with Gasteiger partial charge in [0.1, 0.15) is 11.6 Å². The van der Waals surface area contributed by atoms with Crippen LogP contribution in [0.25, 0.3) is 0 Å². The molecule has 1 heterocycles. The molecule has 1 aromatic carbocycles. The Morgan fingerprint density at radius 1 is 1.32 bits per heavy atom. The number of likely N-dealkylation sites (N-methyl/N-ethyl adjacent to an activating group) is 1. The van der Waals surface area contributed by atoms with E-state index in [9.17, 15) is 13.9 Å². The van der Waals surface area contributed by atoms with Crippen LogP contribution in [0.15, 0.2) is 36.7 Å². The van der Waals surface area contributed by atoms with E-state index in [2.05, 4.69) is 4.98 Å². The fraction of sp³-hybridized carbons (Fsp3) is 0.400. The van der Waals surface area contributed by atoms with E-state index in [4.69, 9.17) is 4.74 Å². The van der Waals surface area contributed by atoms with Crippen LogP contribution in [0.4, 0.5) is 8.78 Å². The highest BCUT2D eigenvalue weighted by molar-refractivity contribution is 5.29. The Labute approximate surface area is 127 Å². The zero-order valence-electron chi connectivity index (χ0n) is 12.5. The zero-order valence-corrected chi connectivity index (χ0v) is 12.5. The predicted octanol–water partition coefficient (Wildman–Crippen LogP) is 2.45. The van der Waals surface area contributed by atoms with Crippen molar-refractivity contribution >= 4 is 0 Å². The standard InChI is InChI=1S/C15H19F2N3O2/c1-19(9-14-18-7-8-20(14)15(16)17)13(10-21)11-3-5-12(22-2)6-4-11/h3-8,13,15,21H,9-10H2,1-2H3. The van der Waals surface area contributed by atoms with E-state index >= 15 is 0 Å². The number of rotatable bonds is 7. The Kier molecular flexibility index (Phi) is 5.46. The van der Waals surface area contributed by atoms with Crippen molar-refractivity contribution in [3.63, 3.8) is 0 Å². The molecule has 0 saturated heterocycles. The molecule has 22 heavy (non-hydrogen) atoms. The third-order valence-corrected chi connectivity index (χ3v) is 3.56. The van der Waals surface area contributed by atoms with Crippen molar-refractivity contribution in [1.29, 1.82) is 0 Å². The molecular weight excluding hydrogens is 292 g/mol. The van der Waals surface area contributed by atoms with Crippen LogP contribution in [0.3, 0.4) is 0 Å². The summed E-state index contributed by atoms with van der Waals surface area (Å²) in [5.41, 5.74) is 0.876. The number of nitrogens with zero attached hydrogens (tertiary/aromatic N) is 3. The summed E-state index contributed by atoms with van der Waals surface area (Å²) in [5, 5.41) is 9.64. The smallest absolute Gasteiger partial charge is 0.319 e. The summed E-state index contributed by atoms with van der Waals surface area (Å²) in [5.74, 6) is 0.973. The quantitative estimate of drug-likeness (QED) is 0.853. The highest BCUT2D eigenvalue weighted by atomic mass is 19.3. The number of aliphatic hydroxyl groups is 1. The monoisotopic (exact) mass is 311 g/mol. The Morgan fingerprint density at radius 2 is 2.00 bits per heavy atom. The Bertz CT molecular complexity index is 587. The van der Waals surface area contributed by atoms with Crippen LogP contribution in [0, 0.1) is 0 Å². The van der Waals surface area contributed by atoms with E-state index in [1.807, 2.05) is 12.1 Å². The lowest BCUT2D eigenvalue weighted by Gasteiger charge is -2.26. The van der Waals surface area contributed by atoms with Crippen molar-refractivity contribution in [2.24, 2.45) is 0 Å². The van der Waals surface area contributed by atoms with Gasteiger partial charge in [0.05, 0.1) is 26.3 Å². The number of alkyl halides is 2. The second-order valence-electron chi connectivity index (χ2n) is 4.92. The van der Waals surface area contributed by atoms with Crippen LogP contribution in [-0.4, -0.2) is 40.3 Å². The number of hydrogen-bond donors (Lipinski definition) is 1. The Balaban J connectivity index is 2.14. The first kappa shape index (κ1) is 16.4. The molecule has 120 valence electrons. The van der Waals surface area contributed by atoms with E-state index in [1.54, 1.807) is 31.2 Å². The number of imidazole rings is 1. The lowest BCUT2D eigenvalue weighted by Crippen LogP contribution is -2.28. The van der Waals surface area contributed by atoms with Crippen molar-refractivity contribution < 1.29 is 18.6 Å². The maximum Gasteiger partial charge on any atom is 0.319 e. The van der Waals surface area contributed by atoms with E-state index in [-0.39, 0.29) is 25.0 Å². The van der Waals surface area contributed by atoms with Gasteiger partial charge in [-0.1, -0.05) is 12.1 Å². The van der Waals surface area contributed by atoms with Crippen molar-refractivity contribution in [1.82, 2.24) is 14.5 Å². The predicted molar refractivity (Wildman–Crippen MR) is 77.8 cm³/mol. The molecule has 0 amide bonds. The van der Waals surface area contributed by atoms with Gasteiger partial charge in [-0.05, 0) is 24.7 Å². The molecule has 5 nitrogen and oxygen atoms in total. The molecule has 7 heteroatoms. The topological polar surface area (TPSA) is 50.5 Å². The van der Waals surface area contributed by atoms with Gasteiger partial charge in [-0.2, -0.15) is 8.78 Å². The minimum absolute atomic E-state index is 0.127. The molecule has 0 fully saturated rings.